The first-order valence-corrected chi connectivity index (χ1v) is 14.1. The fourth-order valence-electron chi connectivity index (χ4n) is 4.58. The number of fused-ring (bicyclic) bond motifs is 1. The van der Waals surface area contributed by atoms with Crippen LogP contribution < -0.4 is 9.79 Å². The lowest BCUT2D eigenvalue weighted by Gasteiger charge is -2.28. The van der Waals surface area contributed by atoms with Crippen LogP contribution in [0, 0.1) is 6.92 Å². The number of nitrogens with one attached hydrogen (secondary N) is 1. The first-order valence-electron chi connectivity index (χ1n) is 12.7. The zero-order valence-electron chi connectivity index (χ0n) is 22.1. The summed E-state index contributed by atoms with van der Waals surface area (Å²) in [6.07, 6.45) is -3.73. The number of alkyl halides is 3. The number of hydrogen-bond donors (Lipinski definition) is 2. The summed E-state index contributed by atoms with van der Waals surface area (Å²) in [5, 5.41) is 9.41. The highest BCUT2D eigenvalue weighted by molar-refractivity contribution is 7.92. The van der Waals surface area contributed by atoms with Gasteiger partial charge in [-0.15, -0.1) is 0 Å². The minimum atomic E-state index is -4.67. The van der Waals surface area contributed by atoms with Gasteiger partial charge in [0.1, 0.15) is 0 Å². The lowest BCUT2D eigenvalue weighted by Crippen LogP contribution is -2.33. The van der Waals surface area contributed by atoms with Crippen molar-refractivity contribution in [2.45, 2.75) is 24.5 Å². The Morgan fingerprint density at radius 2 is 1.52 bits per heavy atom. The van der Waals surface area contributed by atoms with E-state index in [-0.39, 0.29) is 33.6 Å². The number of aromatic nitrogens is 1. The molecule has 0 aliphatic carbocycles. The summed E-state index contributed by atoms with van der Waals surface area (Å²) in [5.74, 6) is -1.08. The molecule has 1 aromatic heterocycles. The van der Waals surface area contributed by atoms with Crippen LogP contribution in [0.15, 0.2) is 108 Å². The first kappa shape index (κ1) is 28.8. The number of rotatable bonds is 7. The van der Waals surface area contributed by atoms with Crippen LogP contribution in [0.3, 0.4) is 0 Å². The summed E-state index contributed by atoms with van der Waals surface area (Å²) in [4.78, 5) is 16.6. The van der Waals surface area contributed by atoms with Crippen molar-refractivity contribution in [1.29, 1.82) is 0 Å². The maximum Gasteiger partial charge on any atom is 0.416 e. The molecule has 0 aliphatic rings. The van der Waals surface area contributed by atoms with E-state index in [0.29, 0.717) is 5.56 Å². The smallest absolute Gasteiger partial charge is 0.288 e. The molecule has 7 nitrogen and oxygen atoms in total. The quantitative estimate of drug-likeness (QED) is 0.161. The number of hydrogen-bond acceptors (Lipinski definition) is 5. The van der Waals surface area contributed by atoms with Crippen LogP contribution in [0.2, 0.25) is 0 Å². The molecular weight excluding hydrogens is 567 g/mol. The number of nitrogens with zero attached hydrogens (tertiary/aromatic N) is 2. The van der Waals surface area contributed by atoms with Crippen LogP contribution in [0.5, 0.6) is 0 Å². The number of halogens is 3. The summed E-state index contributed by atoms with van der Waals surface area (Å²) in [7, 11) is -4.43. The highest BCUT2D eigenvalue weighted by Crippen LogP contribution is 2.38. The molecule has 5 rings (SSSR count). The third-order valence-corrected chi connectivity index (χ3v) is 8.52. The predicted octanol–water partition coefficient (Wildman–Crippen LogP) is 6.74. The van der Waals surface area contributed by atoms with Crippen LogP contribution >= 0.6 is 0 Å². The normalized spacial score (nSPS) is 11.8. The van der Waals surface area contributed by atoms with Gasteiger partial charge in [-0.1, -0.05) is 78.4 Å². The van der Waals surface area contributed by atoms with E-state index in [1.165, 1.54) is 17.6 Å². The van der Waals surface area contributed by atoms with E-state index in [4.69, 9.17) is 0 Å². The van der Waals surface area contributed by atoms with Gasteiger partial charge < -0.3 is 0 Å². The molecule has 2 N–H and O–H groups in total. The second-order valence-corrected chi connectivity index (χ2v) is 11.4. The molecule has 0 unspecified atom stereocenters. The van der Waals surface area contributed by atoms with Gasteiger partial charge in [-0.3, -0.25) is 19.3 Å². The molecule has 1 amide bonds. The maximum absolute atomic E-state index is 14.3. The Bertz CT molecular complexity index is 1860. The van der Waals surface area contributed by atoms with Gasteiger partial charge in [0.05, 0.1) is 33.8 Å². The number of sulfonamides is 1. The second-order valence-electron chi connectivity index (χ2n) is 9.58. The van der Waals surface area contributed by atoms with Crippen LogP contribution in [0.4, 0.5) is 18.9 Å². The second kappa shape index (κ2) is 11.3. The van der Waals surface area contributed by atoms with Crippen LogP contribution in [-0.4, -0.2) is 24.5 Å². The highest BCUT2D eigenvalue weighted by atomic mass is 32.2. The van der Waals surface area contributed by atoms with Gasteiger partial charge in [-0.2, -0.15) is 13.2 Å². The lowest BCUT2D eigenvalue weighted by atomic mass is 10.0. The van der Waals surface area contributed by atoms with Crippen molar-refractivity contribution in [3.05, 3.63) is 126 Å². The van der Waals surface area contributed by atoms with Gasteiger partial charge in [-0.25, -0.2) is 13.9 Å². The molecule has 11 heteroatoms. The van der Waals surface area contributed by atoms with E-state index in [1.54, 1.807) is 42.5 Å². The molecule has 0 bridgehead atoms. The van der Waals surface area contributed by atoms with E-state index in [1.807, 2.05) is 31.2 Å². The first-order chi connectivity index (χ1) is 20.0. The average molecular weight is 592 g/mol. The van der Waals surface area contributed by atoms with Crippen molar-refractivity contribution in [3.8, 4) is 11.1 Å². The Kier molecular flexibility index (Phi) is 7.72. The fraction of sp³-hybridized carbons (Fsp3) is 0.0968. The molecule has 42 heavy (non-hydrogen) atoms. The molecule has 0 radical (unpaired) electrons. The Labute approximate surface area is 239 Å². The van der Waals surface area contributed by atoms with E-state index in [2.05, 4.69) is 4.98 Å². The average Bonchev–Trinajstić information content (AvgIpc) is 2.99. The van der Waals surface area contributed by atoms with Crippen molar-refractivity contribution in [2.75, 3.05) is 4.31 Å². The summed E-state index contributed by atoms with van der Waals surface area (Å²) >= 11 is 0. The Morgan fingerprint density at radius 3 is 2.12 bits per heavy atom. The number of carbonyl (C=O) groups excluding carboxylic acids is 1. The summed E-state index contributed by atoms with van der Waals surface area (Å²) in [6, 6.07) is 25.0. The highest BCUT2D eigenvalue weighted by Gasteiger charge is 2.34. The zero-order valence-corrected chi connectivity index (χ0v) is 22.9. The van der Waals surface area contributed by atoms with Gasteiger partial charge >= 0.3 is 6.18 Å². The Hall–Kier alpha value is -4.74. The molecule has 0 fully saturated rings. The van der Waals surface area contributed by atoms with Gasteiger partial charge in [0, 0.05) is 11.6 Å². The Balaban J connectivity index is 1.71. The third kappa shape index (κ3) is 5.69. The zero-order chi connectivity index (χ0) is 30.1. The van der Waals surface area contributed by atoms with Gasteiger partial charge in [-0.05, 0) is 47.9 Å². The lowest BCUT2D eigenvalue weighted by molar-refractivity contribution is -0.137. The number of amides is 1. The van der Waals surface area contributed by atoms with Crippen molar-refractivity contribution >= 4 is 32.5 Å². The molecule has 0 atom stereocenters. The number of carbonyl (C=O) groups is 1. The van der Waals surface area contributed by atoms with E-state index < -0.39 is 27.7 Å². The van der Waals surface area contributed by atoms with Crippen molar-refractivity contribution in [3.63, 3.8) is 0 Å². The minimum Gasteiger partial charge on any atom is -0.288 e. The number of benzene rings is 4. The van der Waals surface area contributed by atoms with Crippen LogP contribution in [0.1, 0.15) is 27.0 Å². The monoisotopic (exact) mass is 591 g/mol. The number of anilines is 1. The fourth-order valence-corrected chi connectivity index (χ4v) is 6.07. The van der Waals surface area contributed by atoms with Crippen molar-refractivity contribution in [1.82, 2.24) is 10.5 Å². The topological polar surface area (TPSA) is 99.6 Å². The van der Waals surface area contributed by atoms with Crippen molar-refractivity contribution in [2.24, 2.45) is 0 Å². The van der Waals surface area contributed by atoms with E-state index in [0.717, 1.165) is 45.4 Å². The molecule has 0 saturated carbocycles. The number of hydroxylamine groups is 1. The van der Waals surface area contributed by atoms with Gasteiger partial charge in [0.2, 0.25) is 0 Å². The van der Waals surface area contributed by atoms with Crippen LogP contribution in [-0.2, 0) is 22.7 Å². The summed E-state index contributed by atoms with van der Waals surface area (Å²) < 4.78 is 70.0. The van der Waals surface area contributed by atoms with Crippen molar-refractivity contribution < 1.29 is 31.6 Å². The molecule has 4 aromatic carbocycles. The number of aryl methyl sites for hydroxylation is 1. The molecule has 5 aromatic rings. The molecule has 1 heterocycles. The van der Waals surface area contributed by atoms with Crippen LogP contribution in [0.25, 0.3) is 22.0 Å². The molecule has 0 spiro atoms. The van der Waals surface area contributed by atoms with Gasteiger partial charge in [0.25, 0.3) is 15.9 Å². The molecule has 0 aliphatic heterocycles. The maximum atomic E-state index is 14.3. The number of pyridine rings is 1. The summed E-state index contributed by atoms with van der Waals surface area (Å²) in [5.41, 5.74) is 3.01. The summed E-state index contributed by atoms with van der Waals surface area (Å²) in [6.45, 7) is 1.69. The predicted molar refractivity (Wildman–Crippen MR) is 152 cm³/mol. The van der Waals surface area contributed by atoms with Gasteiger partial charge in [0.15, 0.2) is 0 Å². The van der Waals surface area contributed by atoms with E-state index >= 15 is 0 Å². The molecular formula is C31H24F3N3O4S. The van der Waals surface area contributed by atoms with E-state index in [9.17, 15) is 31.6 Å². The molecule has 0 saturated heterocycles. The molecule has 214 valence electrons. The minimum absolute atomic E-state index is 0.0279. The third-order valence-electron chi connectivity index (χ3n) is 6.76. The largest absolute Gasteiger partial charge is 0.416 e. The standard InChI is InChI=1S/C31H24F3N3O4S/c1-20-7-9-22(10-8-20)23-11-14-25(15-12-23)42(40,41)37(19-21-5-3-2-4-6-21)29-26-16-13-24(31(32,33)34)17-28(26)35-18-27(29)30(38)36-39/h2-18,39H,19H2,1H3,(H,36,38). The SMILES string of the molecule is Cc1ccc(-c2ccc(S(=O)(=O)N(Cc3ccccc3)c3c(C(=O)NO)cnc4cc(C(F)(F)F)ccc34)cc2)cc1. The Morgan fingerprint density at radius 1 is 0.905 bits per heavy atom.